The number of carbonyl (C=O) groups is 2. The van der Waals surface area contributed by atoms with Crippen LogP contribution in [0.3, 0.4) is 0 Å². The minimum Gasteiger partial charge on any atom is -0.303 e. The molecule has 0 heterocycles. The average molecular weight is 276 g/mol. The summed E-state index contributed by atoms with van der Waals surface area (Å²) < 4.78 is 0. The zero-order valence-electron chi connectivity index (χ0n) is 12.4. The third-order valence-electron chi connectivity index (χ3n) is 5.08. The second-order valence-electron chi connectivity index (χ2n) is 7.55. The van der Waals surface area contributed by atoms with Gasteiger partial charge in [0.05, 0.1) is 0 Å². The van der Waals surface area contributed by atoms with E-state index >= 15 is 0 Å². The molecule has 4 heteroatoms. The second-order valence-corrected chi connectivity index (χ2v) is 7.55. The van der Waals surface area contributed by atoms with Crippen LogP contribution in [0, 0.1) is 23.2 Å². The molecule has 3 atom stereocenters. The molecule has 0 saturated heterocycles. The summed E-state index contributed by atoms with van der Waals surface area (Å²) in [6, 6.07) is 0. The molecule has 0 aromatic rings. The molecule has 0 aromatic heterocycles. The Morgan fingerprint density at radius 3 is 2.65 bits per heavy atom. The fraction of sp³-hybridized carbons (Fsp3) is 0.750. The number of hydrogen-bond donors (Lipinski definition) is 2. The highest BCUT2D eigenvalue weighted by molar-refractivity contribution is 5.91. The maximum atomic E-state index is 12.2. The van der Waals surface area contributed by atoms with Crippen molar-refractivity contribution in [3.8, 4) is 0 Å². The van der Waals surface area contributed by atoms with Crippen LogP contribution in [0.1, 0.15) is 52.4 Å². The Bertz CT molecular complexity index is 467. The molecule has 0 aliphatic heterocycles. The number of allylic oxidation sites excluding steroid dienone is 2. The molecule has 2 saturated carbocycles. The van der Waals surface area contributed by atoms with Crippen LogP contribution in [0.2, 0.25) is 0 Å². The summed E-state index contributed by atoms with van der Waals surface area (Å²) in [7, 11) is 0. The van der Waals surface area contributed by atoms with Crippen LogP contribution in [0.4, 0.5) is 0 Å². The van der Waals surface area contributed by atoms with E-state index in [1.54, 1.807) is 6.08 Å². The minimum absolute atomic E-state index is 0.0225. The third-order valence-corrected chi connectivity index (χ3v) is 5.08. The van der Waals surface area contributed by atoms with Crippen molar-refractivity contribution < 1.29 is 9.59 Å². The molecular formula is C16H24N2O2. The van der Waals surface area contributed by atoms with Crippen molar-refractivity contribution in [1.82, 2.24) is 10.9 Å². The normalized spacial score (nSPS) is 34.8. The number of ketones is 1. The molecule has 3 rings (SSSR count). The summed E-state index contributed by atoms with van der Waals surface area (Å²) in [5.74, 6) is 1.77. The lowest BCUT2D eigenvalue weighted by molar-refractivity contribution is -0.127. The third kappa shape index (κ3) is 2.74. The molecule has 1 amide bonds. The number of rotatable bonds is 3. The van der Waals surface area contributed by atoms with Crippen molar-refractivity contribution in [2.45, 2.75) is 52.4 Å². The van der Waals surface area contributed by atoms with Crippen LogP contribution in [0.25, 0.3) is 0 Å². The van der Waals surface area contributed by atoms with Gasteiger partial charge in [0.15, 0.2) is 5.78 Å². The Morgan fingerprint density at radius 2 is 2.05 bits per heavy atom. The maximum absolute atomic E-state index is 12.2. The molecule has 0 aromatic carbocycles. The summed E-state index contributed by atoms with van der Waals surface area (Å²) in [4.78, 5) is 23.9. The first-order chi connectivity index (χ1) is 9.43. The molecule has 3 aliphatic carbocycles. The maximum Gasteiger partial charge on any atom is 0.241 e. The highest BCUT2D eigenvalue weighted by Gasteiger charge is 2.43. The lowest BCUT2D eigenvalue weighted by atomic mass is 9.79. The molecule has 0 unspecified atom stereocenters. The van der Waals surface area contributed by atoms with Crippen LogP contribution < -0.4 is 10.9 Å². The Morgan fingerprint density at radius 1 is 1.25 bits per heavy atom. The SMILES string of the molecule is CC1(C)CC(=O)C=C(NNC(=O)[C@@H]2C[C@H]3CC[C@H]2C3)C1. The number of hydrogen-bond acceptors (Lipinski definition) is 3. The van der Waals surface area contributed by atoms with Crippen molar-refractivity contribution in [3.63, 3.8) is 0 Å². The zero-order valence-corrected chi connectivity index (χ0v) is 12.4. The van der Waals surface area contributed by atoms with Gasteiger partial charge in [-0.05, 0) is 42.9 Å². The quantitative estimate of drug-likeness (QED) is 0.778. The zero-order chi connectivity index (χ0) is 14.3. The van der Waals surface area contributed by atoms with Crippen molar-refractivity contribution in [1.29, 1.82) is 0 Å². The standard InChI is InChI=1S/C16H24N2O2/c1-16(2)8-12(7-13(19)9-16)17-18-15(20)14-6-10-3-4-11(14)5-10/h7,10-11,14,17H,3-6,8-9H2,1-2H3,(H,18,20)/t10-,11-,14+/m0/s1. The van der Waals surface area contributed by atoms with E-state index in [1.165, 1.54) is 19.3 Å². The highest BCUT2D eigenvalue weighted by atomic mass is 16.2. The van der Waals surface area contributed by atoms with Crippen LogP contribution in [-0.4, -0.2) is 11.7 Å². The molecule has 20 heavy (non-hydrogen) atoms. The van der Waals surface area contributed by atoms with E-state index in [2.05, 4.69) is 24.7 Å². The Hall–Kier alpha value is -1.32. The van der Waals surface area contributed by atoms with E-state index in [1.807, 2.05) is 0 Å². The van der Waals surface area contributed by atoms with Gasteiger partial charge in [-0.2, -0.15) is 0 Å². The van der Waals surface area contributed by atoms with Gasteiger partial charge >= 0.3 is 0 Å². The fourth-order valence-corrected chi connectivity index (χ4v) is 4.23. The van der Waals surface area contributed by atoms with E-state index in [4.69, 9.17) is 0 Å². The Labute approximate surface area is 120 Å². The number of hydrazine groups is 1. The summed E-state index contributed by atoms with van der Waals surface area (Å²) in [6.45, 7) is 4.16. The van der Waals surface area contributed by atoms with Gasteiger partial charge in [-0.15, -0.1) is 0 Å². The van der Waals surface area contributed by atoms with Gasteiger partial charge in [0, 0.05) is 24.1 Å². The molecule has 4 nitrogen and oxygen atoms in total. The van der Waals surface area contributed by atoms with Gasteiger partial charge in [-0.1, -0.05) is 20.3 Å². The van der Waals surface area contributed by atoms with Crippen molar-refractivity contribution in [3.05, 3.63) is 11.8 Å². The smallest absolute Gasteiger partial charge is 0.241 e. The van der Waals surface area contributed by atoms with Gasteiger partial charge in [0.1, 0.15) is 0 Å². The number of amides is 1. The summed E-state index contributed by atoms with van der Waals surface area (Å²) in [5.41, 5.74) is 6.63. The molecule has 3 aliphatic rings. The van der Waals surface area contributed by atoms with Crippen molar-refractivity contribution >= 4 is 11.7 Å². The summed E-state index contributed by atoms with van der Waals surface area (Å²) in [6.07, 6.45) is 7.79. The fourth-order valence-electron chi connectivity index (χ4n) is 4.23. The van der Waals surface area contributed by atoms with E-state index in [0.29, 0.717) is 12.3 Å². The van der Waals surface area contributed by atoms with E-state index < -0.39 is 0 Å². The lowest BCUT2D eigenvalue weighted by Crippen LogP contribution is -2.43. The topological polar surface area (TPSA) is 58.2 Å². The first kappa shape index (κ1) is 13.7. The molecule has 2 bridgehead atoms. The predicted molar refractivity (Wildman–Crippen MR) is 76.3 cm³/mol. The van der Waals surface area contributed by atoms with E-state index in [9.17, 15) is 9.59 Å². The van der Waals surface area contributed by atoms with Gasteiger partial charge in [-0.25, -0.2) is 0 Å². The Kier molecular flexibility index (Phi) is 3.35. The van der Waals surface area contributed by atoms with Gasteiger partial charge in [0.2, 0.25) is 5.91 Å². The van der Waals surface area contributed by atoms with E-state index in [0.717, 1.165) is 24.5 Å². The highest BCUT2D eigenvalue weighted by Crippen LogP contribution is 2.48. The molecule has 0 radical (unpaired) electrons. The monoisotopic (exact) mass is 276 g/mol. The molecule has 2 fully saturated rings. The molecular weight excluding hydrogens is 252 g/mol. The van der Waals surface area contributed by atoms with Crippen LogP contribution in [-0.2, 0) is 9.59 Å². The average Bonchev–Trinajstić information content (AvgIpc) is 2.95. The van der Waals surface area contributed by atoms with Crippen LogP contribution >= 0.6 is 0 Å². The largest absolute Gasteiger partial charge is 0.303 e. The molecule has 0 spiro atoms. The summed E-state index contributed by atoms with van der Waals surface area (Å²) in [5, 5.41) is 0. The van der Waals surface area contributed by atoms with Crippen LogP contribution in [0.5, 0.6) is 0 Å². The van der Waals surface area contributed by atoms with Gasteiger partial charge in [-0.3, -0.25) is 15.0 Å². The molecule has 110 valence electrons. The number of fused-ring (bicyclic) bond motifs is 2. The number of nitrogens with one attached hydrogen (secondary N) is 2. The van der Waals surface area contributed by atoms with Crippen molar-refractivity contribution in [2.75, 3.05) is 0 Å². The number of carbonyl (C=O) groups excluding carboxylic acids is 2. The Balaban J connectivity index is 1.54. The predicted octanol–water partition coefficient (Wildman–Crippen LogP) is 2.32. The van der Waals surface area contributed by atoms with Gasteiger partial charge in [0.25, 0.3) is 0 Å². The molecule has 2 N–H and O–H groups in total. The first-order valence-corrected chi connectivity index (χ1v) is 7.72. The second kappa shape index (κ2) is 4.90. The minimum atomic E-state index is -0.0225. The summed E-state index contributed by atoms with van der Waals surface area (Å²) >= 11 is 0. The van der Waals surface area contributed by atoms with Crippen LogP contribution in [0.15, 0.2) is 11.8 Å². The van der Waals surface area contributed by atoms with Gasteiger partial charge < -0.3 is 5.43 Å². The van der Waals surface area contributed by atoms with Crippen molar-refractivity contribution in [2.24, 2.45) is 23.2 Å². The van der Waals surface area contributed by atoms with E-state index in [-0.39, 0.29) is 23.0 Å². The lowest BCUT2D eigenvalue weighted by Gasteiger charge is -2.30. The first-order valence-electron chi connectivity index (χ1n) is 7.72.